The first-order valence-corrected chi connectivity index (χ1v) is 9.41. The number of likely N-dealkylation sites (tertiary alicyclic amines) is 1. The van der Waals surface area contributed by atoms with Gasteiger partial charge in [-0.3, -0.25) is 14.6 Å². The van der Waals surface area contributed by atoms with E-state index in [1.807, 2.05) is 18.3 Å². The summed E-state index contributed by atoms with van der Waals surface area (Å²) in [4.78, 5) is 23.4. The Morgan fingerprint density at radius 3 is 2.25 bits per heavy atom. The highest BCUT2D eigenvalue weighted by Gasteiger charge is 2.22. The second-order valence-electron chi connectivity index (χ2n) is 6.84. The third kappa shape index (κ3) is 5.16. The summed E-state index contributed by atoms with van der Waals surface area (Å²) >= 11 is 5.83. The van der Waals surface area contributed by atoms with Gasteiger partial charge in [0.2, 0.25) is 5.91 Å². The van der Waals surface area contributed by atoms with Gasteiger partial charge >= 0.3 is 0 Å². The van der Waals surface area contributed by atoms with Gasteiger partial charge in [0.1, 0.15) is 5.15 Å². The van der Waals surface area contributed by atoms with Crippen LogP contribution in [0, 0.1) is 0 Å². The quantitative estimate of drug-likeness (QED) is 0.781. The lowest BCUT2D eigenvalue weighted by atomic mass is 10.2. The van der Waals surface area contributed by atoms with Gasteiger partial charge in [-0.1, -0.05) is 30.5 Å². The maximum atomic E-state index is 12.5. The lowest BCUT2D eigenvalue weighted by molar-refractivity contribution is -0.132. The molecule has 2 fully saturated rings. The zero-order valence-electron chi connectivity index (χ0n) is 14.3. The fraction of sp³-hybridized carbons (Fsp3) is 0.667. The van der Waals surface area contributed by atoms with Gasteiger partial charge in [0.05, 0.1) is 6.54 Å². The molecular formula is C18H27ClN4O. The molecule has 6 heteroatoms. The summed E-state index contributed by atoms with van der Waals surface area (Å²) in [6, 6.07) is 3.87. The van der Waals surface area contributed by atoms with Crippen LogP contribution in [-0.2, 0) is 11.3 Å². The van der Waals surface area contributed by atoms with Crippen LogP contribution in [0.4, 0.5) is 0 Å². The third-order valence-electron chi connectivity index (χ3n) is 4.98. The average molecular weight is 351 g/mol. The highest BCUT2D eigenvalue weighted by Crippen LogP contribution is 2.12. The fourth-order valence-electron chi connectivity index (χ4n) is 3.48. The van der Waals surface area contributed by atoms with Crippen LogP contribution in [0.25, 0.3) is 0 Å². The molecule has 1 amide bonds. The van der Waals surface area contributed by atoms with E-state index in [4.69, 9.17) is 11.6 Å². The molecular weight excluding hydrogens is 324 g/mol. The van der Waals surface area contributed by atoms with Gasteiger partial charge < -0.3 is 4.90 Å². The monoisotopic (exact) mass is 350 g/mol. The van der Waals surface area contributed by atoms with Crippen molar-refractivity contribution < 1.29 is 4.79 Å². The Kier molecular flexibility index (Phi) is 6.46. The summed E-state index contributed by atoms with van der Waals surface area (Å²) in [6.45, 7) is 7.28. The van der Waals surface area contributed by atoms with Crippen molar-refractivity contribution in [3.63, 3.8) is 0 Å². The van der Waals surface area contributed by atoms with Gasteiger partial charge in [-0.25, -0.2) is 4.98 Å². The number of aromatic nitrogens is 1. The Hall–Kier alpha value is -1.17. The van der Waals surface area contributed by atoms with Crippen molar-refractivity contribution in [1.82, 2.24) is 19.7 Å². The van der Waals surface area contributed by atoms with Gasteiger partial charge in [0, 0.05) is 52.0 Å². The fourth-order valence-corrected chi connectivity index (χ4v) is 3.59. The van der Waals surface area contributed by atoms with Crippen molar-refractivity contribution in [1.29, 1.82) is 0 Å². The summed E-state index contributed by atoms with van der Waals surface area (Å²) in [5, 5.41) is 0.538. The Morgan fingerprint density at radius 2 is 1.62 bits per heavy atom. The first kappa shape index (κ1) is 17.6. The van der Waals surface area contributed by atoms with Crippen molar-refractivity contribution >= 4 is 17.5 Å². The Bertz CT molecular complexity index is 520. The number of hydrogen-bond donors (Lipinski definition) is 0. The predicted molar refractivity (Wildman–Crippen MR) is 96.0 cm³/mol. The van der Waals surface area contributed by atoms with Crippen LogP contribution in [0.3, 0.4) is 0 Å². The minimum atomic E-state index is 0.312. The Balaban J connectivity index is 1.41. The normalized spacial score (nSPS) is 20.8. The lowest BCUT2D eigenvalue weighted by Crippen LogP contribution is -2.49. The summed E-state index contributed by atoms with van der Waals surface area (Å²) in [5.41, 5.74) is 1.19. The van der Waals surface area contributed by atoms with E-state index in [2.05, 4.69) is 19.7 Å². The van der Waals surface area contributed by atoms with Crippen LogP contribution >= 0.6 is 11.6 Å². The number of nitrogens with zero attached hydrogens (tertiary/aromatic N) is 4. The molecule has 0 aromatic carbocycles. The Labute approximate surface area is 149 Å². The maximum Gasteiger partial charge on any atom is 0.236 e. The van der Waals surface area contributed by atoms with Crippen molar-refractivity contribution in [2.75, 3.05) is 45.8 Å². The number of hydrogen-bond acceptors (Lipinski definition) is 4. The molecule has 2 saturated heterocycles. The molecule has 2 aliphatic heterocycles. The van der Waals surface area contributed by atoms with Crippen LogP contribution < -0.4 is 0 Å². The van der Waals surface area contributed by atoms with Crippen LogP contribution in [-0.4, -0.2) is 71.4 Å². The molecule has 3 rings (SSSR count). The van der Waals surface area contributed by atoms with Crippen molar-refractivity contribution in [2.24, 2.45) is 0 Å². The van der Waals surface area contributed by atoms with Crippen LogP contribution in [0.15, 0.2) is 18.3 Å². The molecule has 0 atom stereocenters. The lowest BCUT2D eigenvalue weighted by Gasteiger charge is -2.35. The van der Waals surface area contributed by atoms with Crippen molar-refractivity contribution in [3.8, 4) is 0 Å². The molecule has 132 valence electrons. The van der Waals surface area contributed by atoms with Crippen LogP contribution in [0.5, 0.6) is 0 Å². The third-order valence-corrected chi connectivity index (χ3v) is 5.20. The molecule has 0 saturated carbocycles. The van der Waals surface area contributed by atoms with Crippen LogP contribution in [0.2, 0.25) is 5.15 Å². The number of piperazine rings is 1. The minimum absolute atomic E-state index is 0.312. The molecule has 3 heterocycles. The molecule has 0 bridgehead atoms. The van der Waals surface area contributed by atoms with Gasteiger partial charge in [-0.05, 0) is 24.5 Å². The van der Waals surface area contributed by atoms with E-state index in [0.29, 0.717) is 17.6 Å². The number of carbonyl (C=O) groups excluding carboxylic acids is 1. The molecule has 24 heavy (non-hydrogen) atoms. The van der Waals surface area contributed by atoms with E-state index in [9.17, 15) is 4.79 Å². The number of halogens is 1. The van der Waals surface area contributed by atoms with Crippen molar-refractivity contribution in [3.05, 3.63) is 29.0 Å². The largest absolute Gasteiger partial charge is 0.342 e. The second-order valence-corrected chi connectivity index (χ2v) is 7.22. The van der Waals surface area contributed by atoms with Crippen LogP contribution in [0.1, 0.15) is 31.2 Å². The molecule has 0 aliphatic carbocycles. The molecule has 0 N–H and O–H groups in total. The van der Waals surface area contributed by atoms with E-state index in [1.165, 1.54) is 18.4 Å². The average Bonchev–Trinajstić information content (AvgIpc) is 2.88. The summed E-state index contributed by atoms with van der Waals surface area (Å²) < 4.78 is 0. The smallest absolute Gasteiger partial charge is 0.236 e. The van der Waals surface area contributed by atoms with Gasteiger partial charge in [-0.2, -0.15) is 0 Å². The number of carbonyl (C=O) groups is 1. The van der Waals surface area contributed by atoms with Gasteiger partial charge in [0.25, 0.3) is 0 Å². The van der Waals surface area contributed by atoms with E-state index < -0.39 is 0 Å². The number of pyridine rings is 1. The zero-order chi connectivity index (χ0) is 16.8. The van der Waals surface area contributed by atoms with E-state index >= 15 is 0 Å². The minimum Gasteiger partial charge on any atom is -0.342 e. The molecule has 0 spiro atoms. The molecule has 1 aromatic heterocycles. The number of amides is 1. The summed E-state index contributed by atoms with van der Waals surface area (Å²) in [5.74, 6) is 0.312. The first-order chi connectivity index (χ1) is 11.7. The number of rotatable bonds is 4. The zero-order valence-corrected chi connectivity index (χ0v) is 15.0. The van der Waals surface area contributed by atoms with Crippen molar-refractivity contribution in [2.45, 2.75) is 32.2 Å². The standard InChI is InChI=1S/C18H27ClN4O/c19-17-6-5-16(13-20-17)14-21-9-11-22(12-10-21)15-18(24)23-7-3-1-2-4-8-23/h5-6,13H,1-4,7-12,14-15H2. The van der Waals surface area contributed by atoms with E-state index in [0.717, 1.165) is 58.7 Å². The van der Waals surface area contributed by atoms with Gasteiger partial charge in [0.15, 0.2) is 0 Å². The summed E-state index contributed by atoms with van der Waals surface area (Å²) in [6.07, 6.45) is 6.70. The molecule has 0 unspecified atom stereocenters. The Morgan fingerprint density at radius 1 is 0.958 bits per heavy atom. The SMILES string of the molecule is O=C(CN1CCN(Cc2ccc(Cl)nc2)CC1)N1CCCCCC1. The molecule has 2 aliphatic rings. The highest BCUT2D eigenvalue weighted by atomic mass is 35.5. The summed E-state index contributed by atoms with van der Waals surface area (Å²) in [7, 11) is 0. The topological polar surface area (TPSA) is 39.7 Å². The highest BCUT2D eigenvalue weighted by molar-refractivity contribution is 6.29. The second kappa shape index (κ2) is 8.79. The van der Waals surface area contributed by atoms with E-state index in [-0.39, 0.29) is 0 Å². The van der Waals surface area contributed by atoms with Gasteiger partial charge in [-0.15, -0.1) is 0 Å². The molecule has 5 nitrogen and oxygen atoms in total. The molecule has 1 aromatic rings. The maximum absolute atomic E-state index is 12.5. The molecule has 0 radical (unpaired) electrons. The first-order valence-electron chi connectivity index (χ1n) is 9.03. The van der Waals surface area contributed by atoms with E-state index in [1.54, 1.807) is 0 Å². The predicted octanol–water partition coefficient (Wildman–Crippen LogP) is 2.26.